The van der Waals surface area contributed by atoms with Gasteiger partial charge in [-0.15, -0.1) is 0 Å². The number of hydrogen-bond donors (Lipinski definition) is 1. The maximum atomic E-state index is 12.8. The number of benzene rings is 2. The second-order valence-corrected chi connectivity index (χ2v) is 9.58. The van der Waals surface area contributed by atoms with E-state index in [-0.39, 0.29) is 18.4 Å². The molecule has 1 fully saturated rings. The lowest BCUT2D eigenvalue weighted by atomic mass is 10.2. The van der Waals surface area contributed by atoms with E-state index in [1.54, 1.807) is 12.1 Å². The number of hydrogen-bond acceptors (Lipinski definition) is 7. The van der Waals surface area contributed by atoms with E-state index in [9.17, 15) is 9.59 Å². The highest BCUT2D eigenvalue weighted by molar-refractivity contribution is 8.26. The molecule has 1 aliphatic rings. The standard InChI is InChI=1S/C23H15N3O3S3/c27-20(25-22-24-16-8-4-5-9-18(16)31-22)13-26-21(28)19(32-23(26)30)12-15-10-11-17(29-15)14-6-2-1-3-7-14/h1-12H,13H2,(H,24,25,27)/b19-12-. The van der Waals surface area contributed by atoms with Gasteiger partial charge in [-0.2, -0.15) is 0 Å². The van der Waals surface area contributed by atoms with Gasteiger partial charge < -0.3 is 9.73 Å². The van der Waals surface area contributed by atoms with Crippen molar-refractivity contribution in [3.63, 3.8) is 0 Å². The minimum Gasteiger partial charge on any atom is -0.457 e. The molecule has 1 aliphatic heterocycles. The fourth-order valence-corrected chi connectivity index (χ4v) is 5.30. The van der Waals surface area contributed by atoms with Crippen molar-refractivity contribution in [2.75, 3.05) is 11.9 Å². The highest BCUT2D eigenvalue weighted by Gasteiger charge is 2.33. The molecule has 2 amide bonds. The van der Waals surface area contributed by atoms with Crippen molar-refractivity contribution in [2.45, 2.75) is 0 Å². The molecule has 0 bridgehead atoms. The molecule has 32 heavy (non-hydrogen) atoms. The van der Waals surface area contributed by atoms with Crippen LogP contribution in [0.5, 0.6) is 0 Å². The zero-order chi connectivity index (χ0) is 22.1. The summed E-state index contributed by atoms with van der Waals surface area (Å²) >= 11 is 7.86. The molecule has 0 atom stereocenters. The second-order valence-electron chi connectivity index (χ2n) is 6.87. The van der Waals surface area contributed by atoms with Crippen LogP contribution in [0.4, 0.5) is 5.13 Å². The summed E-state index contributed by atoms with van der Waals surface area (Å²) < 4.78 is 7.16. The lowest BCUT2D eigenvalue weighted by Gasteiger charge is -2.13. The molecule has 5 rings (SSSR count). The topological polar surface area (TPSA) is 75.4 Å². The third-order valence-electron chi connectivity index (χ3n) is 4.67. The van der Waals surface area contributed by atoms with Gasteiger partial charge in [0.25, 0.3) is 5.91 Å². The normalized spacial score (nSPS) is 15.1. The van der Waals surface area contributed by atoms with Gasteiger partial charge in [0.2, 0.25) is 5.91 Å². The van der Waals surface area contributed by atoms with E-state index >= 15 is 0 Å². The van der Waals surface area contributed by atoms with Gasteiger partial charge in [0.1, 0.15) is 22.4 Å². The van der Waals surface area contributed by atoms with Gasteiger partial charge in [0.15, 0.2) is 5.13 Å². The van der Waals surface area contributed by atoms with Crippen LogP contribution < -0.4 is 5.32 Å². The number of thiocarbonyl (C=S) groups is 1. The lowest BCUT2D eigenvalue weighted by Crippen LogP contribution is -2.36. The molecule has 0 spiro atoms. The Labute approximate surface area is 196 Å². The SMILES string of the molecule is O=C(CN1C(=O)/C(=C/c2ccc(-c3ccccc3)o2)SC1=S)Nc1nc2ccccc2s1. The molecular formula is C23H15N3O3S3. The Morgan fingerprint density at radius 3 is 2.69 bits per heavy atom. The van der Waals surface area contributed by atoms with Crippen LogP contribution in [-0.4, -0.2) is 32.6 Å². The van der Waals surface area contributed by atoms with Crippen LogP contribution >= 0.6 is 35.3 Å². The van der Waals surface area contributed by atoms with Crippen molar-refractivity contribution in [2.24, 2.45) is 0 Å². The molecule has 158 valence electrons. The molecule has 0 unspecified atom stereocenters. The molecule has 0 saturated carbocycles. The highest BCUT2D eigenvalue weighted by atomic mass is 32.2. The molecule has 0 aliphatic carbocycles. The Kier molecular flexibility index (Phi) is 5.60. The third kappa shape index (κ3) is 4.22. The summed E-state index contributed by atoms with van der Waals surface area (Å²) in [7, 11) is 0. The van der Waals surface area contributed by atoms with Gasteiger partial charge >= 0.3 is 0 Å². The van der Waals surface area contributed by atoms with Crippen LogP contribution in [0.25, 0.3) is 27.6 Å². The monoisotopic (exact) mass is 477 g/mol. The van der Waals surface area contributed by atoms with Gasteiger partial charge in [0.05, 0.1) is 15.1 Å². The zero-order valence-corrected chi connectivity index (χ0v) is 18.9. The maximum absolute atomic E-state index is 12.8. The van der Waals surface area contributed by atoms with E-state index < -0.39 is 0 Å². The van der Waals surface area contributed by atoms with Crippen molar-refractivity contribution in [1.82, 2.24) is 9.88 Å². The van der Waals surface area contributed by atoms with Crippen LogP contribution in [0.15, 0.2) is 76.1 Å². The molecular weight excluding hydrogens is 462 g/mol. The van der Waals surface area contributed by atoms with E-state index in [0.29, 0.717) is 25.9 Å². The summed E-state index contributed by atoms with van der Waals surface area (Å²) in [5, 5.41) is 3.24. The van der Waals surface area contributed by atoms with E-state index in [4.69, 9.17) is 16.6 Å². The Bertz CT molecular complexity index is 1340. The minimum absolute atomic E-state index is 0.175. The first-order valence-corrected chi connectivity index (χ1v) is 11.7. The molecule has 3 heterocycles. The number of thioether (sulfide) groups is 1. The van der Waals surface area contributed by atoms with Gasteiger partial charge in [-0.05, 0) is 24.3 Å². The molecule has 9 heteroatoms. The number of nitrogens with zero attached hydrogens (tertiary/aromatic N) is 2. The molecule has 4 aromatic rings. The average molecular weight is 478 g/mol. The van der Waals surface area contributed by atoms with E-state index in [2.05, 4.69) is 10.3 Å². The van der Waals surface area contributed by atoms with E-state index in [1.165, 1.54) is 16.2 Å². The van der Waals surface area contributed by atoms with Gasteiger partial charge in [0, 0.05) is 11.6 Å². The Balaban J connectivity index is 1.27. The second kappa shape index (κ2) is 8.70. The molecule has 6 nitrogen and oxygen atoms in total. The average Bonchev–Trinajstić information content (AvgIpc) is 3.49. The van der Waals surface area contributed by atoms with Crippen molar-refractivity contribution >= 4 is 72.9 Å². The Hall–Kier alpha value is -3.27. The lowest BCUT2D eigenvalue weighted by molar-refractivity contribution is -0.126. The number of amides is 2. The van der Waals surface area contributed by atoms with Crippen molar-refractivity contribution in [1.29, 1.82) is 0 Å². The molecule has 0 radical (unpaired) electrons. The molecule has 1 N–H and O–H groups in total. The first kappa shape index (κ1) is 20.6. The number of para-hydroxylation sites is 1. The molecule has 2 aromatic carbocycles. The number of fused-ring (bicyclic) bond motifs is 1. The first-order chi connectivity index (χ1) is 15.6. The Morgan fingerprint density at radius 2 is 1.88 bits per heavy atom. The fourth-order valence-electron chi connectivity index (χ4n) is 3.18. The van der Waals surface area contributed by atoms with Crippen LogP contribution in [0.1, 0.15) is 5.76 Å². The van der Waals surface area contributed by atoms with E-state index in [1.807, 2.05) is 60.7 Å². The quantitative estimate of drug-likeness (QED) is 0.307. The first-order valence-electron chi connectivity index (χ1n) is 9.63. The number of rotatable bonds is 5. The van der Waals surface area contributed by atoms with Crippen LogP contribution in [0.2, 0.25) is 0 Å². The number of thiazole rings is 1. The number of furan rings is 1. The van der Waals surface area contributed by atoms with Crippen molar-refractivity contribution < 1.29 is 14.0 Å². The van der Waals surface area contributed by atoms with Gasteiger partial charge in [-0.25, -0.2) is 4.98 Å². The van der Waals surface area contributed by atoms with Gasteiger partial charge in [-0.1, -0.05) is 77.8 Å². The fraction of sp³-hybridized carbons (Fsp3) is 0.0435. The van der Waals surface area contributed by atoms with Crippen molar-refractivity contribution in [3.8, 4) is 11.3 Å². The zero-order valence-electron chi connectivity index (χ0n) is 16.5. The summed E-state index contributed by atoms with van der Waals surface area (Å²) in [6.07, 6.45) is 1.65. The molecule has 2 aromatic heterocycles. The predicted octanol–water partition coefficient (Wildman–Crippen LogP) is 5.40. The summed E-state index contributed by atoms with van der Waals surface area (Å²) in [6, 6.07) is 21.0. The summed E-state index contributed by atoms with van der Waals surface area (Å²) in [6.45, 7) is -0.175. The van der Waals surface area contributed by atoms with Crippen LogP contribution in [0, 0.1) is 0 Å². The van der Waals surface area contributed by atoms with E-state index in [0.717, 1.165) is 27.5 Å². The third-order valence-corrected chi connectivity index (χ3v) is 7.00. The molecule has 1 saturated heterocycles. The Morgan fingerprint density at radius 1 is 1.09 bits per heavy atom. The number of carbonyl (C=O) groups excluding carboxylic acids is 2. The van der Waals surface area contributed by atoms with Gasteiger partial charge in [-0.3, -0.25) is 14.5 Å². The summed E-state index contributed by atoms with van der Waals surface area (Å²) in [4.78, 5) is 31.4. The highest BCUT2D eigenvalue weighted by Crippen LogP contribution is 2.34. The maximum Gasteiger partial charge on any atom is 0.266 e. The minimum atomic E-state index is -0.356. The van der Waals surface area contributed by atoms with Crippen LogP contribution in [-0.2, 0) is 9.59 Å². The number of anilines is 1. The summed E-state index contributed by atoms with van der Waals surface area (Å²) in [5.41, 5.74) is 1.76. The van der Waals surface area contributed by atoms with Crippen LogP contribution in [0.3, 0.4) is 0 Å². The number of aromatic nitrogens is 1. The van der Waals surface area contributed by atoms with Crippen molar-refractivity contribution in [3.05, 3.63) is 77.4 Å². The smallest absolute Gasteiger partial charge is 0.266 e. The largest absolute Gasteiger partial charge is 0.457 e. The number of nitrogens with one attached hydrogen (secondary N) is 1. The summed E-state index contributed by atoms with van der Waals surface area (Å²) in [5.74, 6) is 0.578. The number of carbonyl (C=O) groups is 2. The predicted molar refractivity (Wildman–Crippen MR) is 132 cm³/mol.